The first-order chi connectivity index (χ1) is 9.67. The quantitative estimate of drug-likeness (QED) is 0.865. The van der Waals surface area contributed by atoms with Gasteiger partial charge in [-0.1, -0.05) is 13.0 Å². The Morgan fingerprint density at radius 3 is 2.70 bits per heavy atom. The Balaban J connectivity index is 2.18. The number of nitrogens with zero attached hydrogens (tertiary/aromatic N) is 2. The Morgan fingerprint density at radius 1 is 1.45 bits per heavy atom. The maximum absolute atomic E-state index is 9.49. The van der Waals surface area contributed by atoms with Crippen LogP contribution in [0.5, 0.6) is 0 Å². The molecule has 0 saturated carbocycles. The van der Waals surface area contributed by atoms with Crippen LogP contribution in [-0.4, -0.2) is 24.9 Å². The smallest absolute Gasteiger partial charge is 0.103 e. The van der Waals surface area contributed by atoms with E-state index in [1.807, 2.05) is 6.07 Å². The van der Waals surface area contributed by atoms with Crippen LogP contribution in [0.15, 0.2) is 23.1 Å². The Bertz CT molecular complexity index is 485. The fourth-order valence-electron chi connectivity index (χ4n) is 2.84. The van der Waals surface area contributed by atoms with Gasteiger partial charge in [0, 0.05) is 24.0 Å². The highest BCUT2D eigenvalue weighted by Gasteiger charge is 2.24. The summed E-state index contributed by atoms with van der Waals surface area (Å²) in [5.41, 5.74) is 7.92. The lowest BCUT2D eigenvalue weighted by Gasteiger charge is -2.35. The zero-order valence-electron chi connectivity index (χ0n) is 12.3. The number of hydrogen-bond donors (Lipinski definition) is 1. The van der Waals surface area contributed by atoms with Crippen molar-refractivity contribution in [3.05, 3.63) is 23.8 Å². The van der Waals surface area contributed by atoms with Gasteiger partial charge in [0.25, 0.3) is 0 Å². The van der Waals surface area contributed by atoms with Gasteiger partial charge in [-0.15, -0.1) is 11.8 Å². The summed E-state index contributed by atoms with van der Waals surface area (Å²) >= 11 is 1.74. The molecule has 1 aliphatic heterocycles. The van der Waals surface area contributed by atoms with Crippen molar-refractivity contribution in [3.8, 4) is 6.07 Å². The maximum atomic E-state index is 9.49. The maximum Gasteiger partial charge on any atom is 0.103 e. The fourth-order valence-corrected chi connectivity index (χ4v) is 3.62. The minimum atomic E-state index is 0.273. The number of nitrogens with two attached hydrogens (primary N) is 1. The minimum absolute atomic E-state index is 0.273. The monoisotopic (exact) mass is 289 g/mol. The van der Waals surface area contributed by atoms with Gasteiger partial charge in [-0.25, -0.2) is 0 Å². The van der Waals surface area contributed by atoms with Crippen molar-refractivity contribution in [2.45, 2.75) is 37.6 Å². The second kappa shape index (κ2) is 7.01. The number of benzene rings is 1. The molecule has 0 bridgehead atoms. The molecule has 4 heteroatoms. The normalized spacial score (nSPS) is 17.8. The highest BCUT2D eigenvalue weighted by Crippen LogP contribution is 2.32. The third-order valence-corrected chi connectivity index (χ3v) is 4.98. The summed E-state index contributed by atoms with van der Waals surface area (Å²) in [5, 5.41) is 9.49. The first kappa shape index (κ1) is 15.2. The molecule has 1 aliphatic rings. The zero-order valence-corrected chi connectivity index (χ0v) is 13.1. The fraction of sp³-hybridized carbons (Fsp3) is 0.562. The first-order valence-electron chi connectivity index (χ1n) is 7.33. The first-order valence-corrected chi connectivity index (χ1v) is 8.32. The second-order valence-electron chi connectivity index (χ2n) is 5.38. The lowest BCUT2D eigenvalue weighted by molar-refractivity contribution is 0.354. The molecule has 0 amide bonds. The van der Waals surface area contributed by atoms with Crippen molar-refractivity contribution in [2.75, 3.05) is 23.7 Å². The van der Waals surface area contributed by atoms with E-state index in [0.29, 0.717) is 5.92 Å². The van der Waals surface area contributed by atoms with E-state index in [1.165, 1.54) is 0 Å². The number of piperidine rings is 1. The summed E-state index contributed by atoms with van der Waals surface area (Å²) in [5.74, 6) is 1.61. The van der Waals surface area contributed by atoms with Crippen molar-refractivity contribution >= 4 is 17.4 Å². The average molecular weight is 289 g/mol. The molecule has 2 rings (SSSR count). The molecule has 1 atom stereocenters. The van der Waals surface area contributed by atoms with E-state index < -0.39 is 0 Å². The SMILES string of the molecule is CCSc1cccc(N2CCC(C(C)N)CC2)c1C#N. The van der Waals surface area contributed by atoms with E-state index in [2.05, 4.69) is 36.9 Å². The largest absolute Gasteiger partial charge is 0.370 e. The number of anilines is 1. The molecular formula is C16H23N3S. The molecule has 2 N–H and O–H groups in total. The Morgan fingerprint density at radius 2 is 2.15 bits per heavy atom. The summed E-state index contributed by atoms with van der Waals surface area (Å²) in [4.78, 5) is 3.44. The van der Waals surface area contributed by atoms with Gasteiger partial charge in [0.15, 0.2) is 0 Å². The average Bonchev–Trinajstić information content (AvgIpc) is 2.47. The molecule has 1 heterocycles. The molecule has 0 radical (unpaired) electrons. The number of thioether (sulfide) groups is 1. The van der Waals surface area contributed by atoms with Crippen LogP contribution in [0.25, 0.3) is 0 Å². The van der Waals surface area contributed by atoms with Gasteiger partial charge in [-0.3, -0.25) is 0 Å². The van der Waals surface area contributed by atoms with Crippen LogP contribution < -0.4 is 10.6 Å². The molecular weight excluding hydrogens is 266 g/mol. The molecule has 20 heavy (non-hydrogen) atoms. The third-order valence-electron chi connectivity index (χ3n) is 4.04. The number of rotatable bonds is 4. The molecule has 0 aromatic heterocycles. The van der Waals surface area contributed by atoms with E-state index in [1.54, 1.807) is 11.8 Å². The minimum Gasteiger partial charge on any atom is -0.370 e. The van der Waals surface area contributed by atoms with Crippen LogP contribution in [0.3, 0.4) is 0 Å². The predicted octanol–water partition coefficient (Wildman–Crippen LogP) is 3.23. The number of nitriles is 1. The van der Waals surface area contributed by atoms with E-state index in [-0.39, 0.29) is 6.04 Å². The van der Waals surface area contributed by atoms with Gasteiger partial charge in [0.2, 0.25) is 0 Å². The number of hydrogen-bond acceptors (Lipinski definition) is 4. The summed E-state index contributed by atoms with van der Waals surface area (Å²) in [6, 6.07) is 8.85. The molecule has 0 aliphatic carbocycles. The highest BCUT2D eigenvalue weighted by molar-refractivity contribution is 7.99. The lowest BCUT2D eigenvalue weighted by Crippen LogP contribution is -2.40. The molecule has 3 nitrogen and oxygen atoms in total. The Hall–Kier alpha value is -1.18. The Labute approximate surface area is 126 Å². The lowest BCUT2D eigenvalue weighted by atomic mass is 9.90. The van der Waals surface area contributed by atoms with Crippen molar-refractivity contribution < 1.29 is 0 Å². The van der Waals surface area contributed by atoms with Crippen LogP contribution >= 0.6 is 11.8 Å². The van der Waals surface area contributed by atoms with Gasteiger partial charge in [-0.05, 0) is 43.6 Å². The predicted molar refractivity (Wildman–Crippen MR) is 86.1 cm³/mol. The van der Waals surface area contributed by atoms with Crippen LogP contribution in [0.2, 0.25) is 0 Å². The van der Waals surface area contributed by atoms with Crippen molar-refractivity contribution in [3.63, 3.8) is 0 Å². The molecule has 1 aromatic carbocycles. The van der Waals surface area contributed by atoms with Crippen molar-refractivity contribution in [1.29, 1.82) is 5.26 Å². The molecule has 1 aromatic rings. The topological polar surface area (TPSA) is 53.0 Å². The van der Waals surface area contributed by atoms with Crippen LogP contribution in [-0.2, 0) is 0 Å². The standard InChI is InChI=1S/C16H23N3S/c1-3-20-16-6-4-5-15(14(16)11-17)19-9-7-13(8-10-19)12(2)18/h4-6,12-13H,3,7-10,18H2,1-2H3. The van der Waals surface area contributed by atoms with Crippen LogP contribution in [0, 0.1) is 17.2 Å². The molecule has 1 unspecified atom stereocenters. The molecule has 108 valence electrons. The second-order valence-corrected chi connectivity index (χ2v) is 6.68. The highest BCUT2D eigenvalue weighted by atomic mass is 32.2. The van der Waals surface area contributed by atoms with E-state index in [9.17, 15) is 5.26 Å². The molecule has 0 spiro atoms. The van der Waals surface area contributed by atoms with Gasteiger partial charge in [0.05, 0.1) is 11.3 Å². The molecule has 1 saturated heterocycles. The van der Waals surface area contributed by atoms with Gasteiger partial charge in [-0.2, -0.15) is 5.26 Å². The summed E-state index contributed by atoms with van der Waals surface area (Å²) in [6.45, 7) is 6.22. The van der Waals surface area contributed by atoms with Crippen LogP contribution in [0.1, 0.15) is 32.3 Å². The summed E-state index contributed by atoms with van der Waals surface area (Å²) < 4.78 is 0. The van der Waals surface area contributed by atoms with E-state index in [0.717, 1.165) is 47.8 Å². The van der Waals surface area contributed by atoms with E-state index in [4.69, 9.17) is 5.73 Å². The van der Waals surface area contributed by atoms with Gasteiger partial charge < -0.3 is 10.6 Å². The van der Waals surface area contributed by atoms with E-state index >= 15 is 0 Å². The summed E-state index contributed by atoms with van der Waals surface area (Å²) in [7, 11) is 0. The van der Waals surface area contributed by atoms with Crippen LogP contribution in [0.4, 0.5) is 5.69 Å². The van der Waals surface area contributed by atoms with Gasteiger partial charge in [0.1, 0.15) is 6.07 Å². The summed E-state index contributed by atoms with van der Waals surface area (Å²) in [6.07, 6.45) is 2.24. The third kappa shape index (κ3) is 3.28. The molecule has 1 fully saturated rings. The van der Waals surface area contributed by atoms with Crippen molar-refractivity contribution in [1.82, 2.24) is 0 Å². The zero-order chi connectivity index (χ0) is 14.5. The van der Waals surface area contributed by atoms with Crippen molar-refractivity contribution in [2.24, 2.45) is 11.7 Å². The van der Waals surface area contributed by atoms with Gasteiger partial charge >= 0.3 is 0 Å². The Kier molecular flexibility index (Phi) is 5.33.